The lowest BCUT2D eigenvalue weighted by Gasteiger charge is -2.28. The van der Waals surface area contributed by atoms with Crippen molar-refractivity contribution in [2.75, 3.05) is 6.54 Å². The summed E-state index contributed by atoms with van der Waals surface area (Å²) >= 11 is 0. The van der Waals surface area contributed by atoms with Crippen LogP contribution >= 0.6 is 0 Å². The predicted octanol–water partition coefficient (Wildman–Crippen LogP) is 3.46. The molecular weight excluding hydrogens is 198 g/mol. The highest BCUT2D eigenvalue weighted by Gasteiger charge is 2.31. The lowest BCUT2D eigenvalue weighted by atomic mass is 9.76. The van der Waals surface area contributed by atoms with Gasteiger partial charge in [0, 0.05) is 18.4 Å². The van der Waals surface area contributed by atoms with E-state index in [0.29, 0.717) is 18.7 Å². The standard InChI is InChI=1S/C14H27NO/c1-4-7-8-9-10-11-13(16)14(5-2,6-3)12-15/h4H,1,5-12,15H2,2-3H3. The van der Waals surface area contributed by atoms with E-state index in [2.05, 4.69) is 20.4 Å². The average Bonchev–Trinajstić information content (AvgIpc) is 2.32. The highest BCUT2D eigenvalue weighted by molar-refractivity contribution is 5.84. The maximum absolute atomic E-state index is 12.1. The third-order valence-electron chi connectivity index (χ3n) is 3.65. The van der Waals surface area contributed by atoms with Gasteiger partial charge >= 0.3 is 0 Å². The highest BCUT2D eigenvalue weighted by Crippen LogP contribution is 2.28. The second-order valence-corrected chi connectivity index (χ2v) is 4.50. The number of allylic oxidation sites excluding steroid dienone is 1. The van der Waals surface area contributed by atoms with E-state index in [-0.39, 0.29) is 5.41 Å². The van der Waals surface area contributed by atoms with Crippen LogP contribution in [0.5, 0.6) is 0 Å². The van der Waals surface area contributed by atoms with Crippen LogP contribution in [0.3, 0.4) is 0 Å². The molecule has 2 heteroatoms. The van der Waals surface area contributed by atoms with Crippen LogP contribution < -0.4 is 5.73 Å². The van der Waals surface area contributed by atoms with Crippen LogP contribution in [0.4, 0.5) is 0 Å². The van der Waals surface area contributed by atoms with Crippen LogP contribution in [-0.4, -0.2) is 12.3 Å². The average molecular weight is 225 g/mol. The fourth-order valence-electron chi connectivity index (χ4n) is 2.06. The van der Waals surface area contributed by atoms with Crippen molar-refractivity contribution < 1.29 is 4.79 Å². The Morgan fingerprint density at radius 3 is 2.31 bits per heavy atom. The van der Waals surface area contributed by atoms with Gasteiger partial charge in [-0.05, 0) is 32.1 Å². The zero-order chi connectivity index (χ0) is 12.4. The first-order chi connectivity index (χ1) is 7.66. The van der Waals surface area contributed by atoms with E-state index in [4.69, 9.17) is 5.73 Å². The topological polar surface area (TPSA) is 43.1 Å². The maximum Gasteiger partial charge on any atom is 0.140 e. The van der Waals surface area contributed by atoms with Crippen LogP contribution in [0.25, 0.3) is 0 Å². The molecule has 0 aromatic rings. The summed E-state index contributed by atoms with van der Waals surface area (Å²) in [5.74, 6) is 0.360. The molecule has 0 saturated heterocycles. The summed E-state index contributed by atoms with van der Waals surface area (Å²) in [5.41, 5.74) is 5.50. The van der Waals surface area contributed by atoms with Gasteiger partial charge in [-0.15, -0.1) is 6.58 Å². The molecule has 0 spiro atoms. The number of unbranched alkanes of at least 4 members (excludes halogenated alkanes) is 3. The van der Waals surface area contributed by atoms with Gasteiger partial charge in [-0.3, -0.25) is 4.79 Å². The van der Waals surface area contributed by atoms with Gasteiger partial charge in [-0.1, -0.05) is 26.3 Å². The summed E-state index contributed by atoms with van der Waals surface area (Å²) in [6.45, 7) is 8.30. The lowest BCUT2D eigenvalue weighted by Crippen LogP contribution is -2.37. The molecule has 16 heavy (non-hydrogen) atoms. The smallest absolute Gasteiger partial charge is 0.140 e. The van der Waals surface area contributed by atoms with Crippen LogP contribution in [0, 0.1) is 5.41 Å². The minimum atomic E-state index is -0.252. The monoisotopic (exact) mass is 225 g/mol. The van der Waals surface area contributed by atoms with E-state index in [1.54, 1.807) is 0 Å². The van der Waals surface area contributed by atoms with E-state index >= 15 is 0 Å². The zero-order valence-electron chi connectivity index (χ0n) is 10.9. The summed E-state index contributed by atoms with van der Waals surface area (Å²) in [5, 5.41) is 0. The summed E-state index contributed by atoms with van der Waals surface area (Å²) < 4.78 is 0. The number of carbonyl (C=O) groups is 1. The third-order valence-corrected chi connectivity index (χ3v) is 3.65. The molecule has 0 aromatic carbocycles. The number of Topliss-reactive ketones (excluding diaryl/α,β-unsaturated/α-hetero) is 1. The fourth-order valence-corrected chi connectivity index (χ4v) is 2.06. The molecule has 94 valence electrons. The predicted molar refractivity (Wildman–Crippen MR) is 70.4 cm³/mol. The summed E-state index contributed by atoms with van der Waals surface area (Å²) in [4.78, 5) is 12.1. The molecule has 0 aliphatic carbocycles. The van der Waals surface area contributed by atoms with Gasteiger partial charge in [0.15, 0.2) is 0 Å². The van der Waals surface area contributed by atoms with Crippen LogP contribution in [-0.2, 0) is 4.79 Å². The molecule has 0 aliphatic rings. The van der Waals surface area contributed by atoms with E-state index in [1.165, 1.54) is 0 Å². The SMILES string of the molecule is C=CCCCCCC(=O)C(CC)(CC)CN. The Hall–Kier alpha value is -0.630. The molecule has 0 radical (unpaired) electrons. The number of hydrogen-bond acceptors (Lipinski definition) is 2. The van der Waals surface area contributed by atoms with Crippen LogP contribution in [0.1, 0.15) is 58.8 Å². The zero-order valence-corrected chi connectivity index (χ0v) is 10.9. The molecule has 0 atom stereocenters. The number of carbonyl (C=O) groups excluding carboxylic acids is 1. The van der Waals surface area contributed by atoms with Crippen molar-refractivity contribution in [1.82, 2.24) is 0 Å². The Labute approximate surface area is 100 Å². The van der Waals surface area contributed by atoms with Gasteiger partial charge in [0.2, 0.25) is 0 Å². The molecule has 2 N–H and O–H groups in total. The molecule has 0 rings (SSSR count). The quantitative estimate of drug-likeness (QED) is 0.457. The Bertz CT molecular complexity index is 199. The number of nitrogens with two attached hydrogens (primary N) is 1. The number of hydrogen-bond donors (Lipinski definition) is 1. The van der Waals surface area contributed by atoms with Gasteiger partial charge in [-0.25, -0.2) is 0 Å². The molecule has 0 unspecified atom stereocenters. The number of rotatable bonds is 10. The van der Waals surface area contributed by atoms with Crippen molar-refractivity contribution in [3.63, 3.8) is 0 Å². The molecule has 0 saturated carbocycles. The van der Waals surface area contributed by atoms with E-state index < -0.39 is 0 Å². The number of ketones is 1. The Kier molecular flexibility index (Phi) is 8.18. The van der Waals surface area contributed by atoms with Gasteiger partial charge in [0.05, 0.1) is 0 Å². The van der Waals surface area contributed by atoms with Gasteiger partial charge in [0.1, 0.15) is 5.78 Å². The van der Waals surface area contributed by atoms with Crippen LogP contribution in [0.15, 0.2) is 12.7 Å². The Morgan fingerprint density at radius 1 is 1.25 bits per heavy atom. The van der Waals surface area contributed by atoms with Crippen molar-refractivity contribution in [3.8, 4) is 0 Å². The van der Waals surface area contributed by atoms with Crippen molar-refractivity contribution >= 4 is 5.78 Å². The first-order valence-electron chi connectivity index (χ1n) is 6.51. The van der Waals surface area contributed by atoms with Crippen molar-refractivity contribution in [1.29, 1.82) is 0 Å². The van der Waals surface area contributed by atoms with E-state index in [0.717, 1.165) is 38.5 Å². The molecule has 0 amide bonds. The molecule has 0 aromatic heterocycles. The summed E-state index contributed by atoms with van der Waals surface area (Å²) in [7, 11) is 0. The van der Waals surface area contributed by atoms with Gasteiger partial charge in [-0.2, -0.15) is 0 Å². The van der Waals surface area contributed by atoms with Crippen LogP contribution in [0.2, 0.25) is 0 Å². The first-order valence-corrected chi connectivity index (χ1v) is 6.51. The third kappa shape index (κ3) is 4.48. The van der Waals surface area contributed by atoms with Crippen molar-refractivity contribution in [2.45, 2.75) is 58.8 Å². The highest BCUT2D eigenvalue weighted by atomic mass is 16.1. The van der Waals surface area contributed by atoms with E-state index in [9.17, 15) is 4.79 Å². The second kappa shape index (κ2) is 8.51. The van der Waals surface area contributed by atoms with Gasteiger partial charge in [0.25, 0.3) is 0 Å². The fraction of sp³-hybridized carbons (Fsp3) is 0.786. The molecule has 2 nitrogen and oxygen atoms in total. The summed E-state index contributed by atoms with van der Waals surface area (Å²) in [6.07, 6.45) is 8.67. The van der Waals surface area contributed by atoms with Gasteiger partial charge < -0.3 is 5.73 Å². The molecule has 0 aliphatic heterocycles. The first kappa shape index (κ1) is 15.4. The second-order valence-electron chi connectivity index (χ2n) is 4.50. The molecule has 0 heterocycles. The minimum Gasteiger partial charge on any atom is -0.329 e. The van der Waals surface area contributed by atoms with E-state index in [1.807, 2.05) is 6.08 Å². The van der Waals surface area contributed by atoms with Crippen molar-refractivity contribution in [3.05, 3.63) is 12.7 Å². The Balaban J connectivity index is 3.97. The molecule has 0 fully saturated rings. The summed E-state index contributed by atoms with van der Waals surface area (Å²) in [6, 6.07) is 0. The Morgan fingerprint density at radius 2 is 1.88 bits per heavy atom. The maximum atomic E-state index is 12.1. The largest absolute Gasteiger partial charge is 0.329 e. The minimum absolute atomic E-state index is 0.252. The molecular formula is C14H27NO. The lowest BCUT2D eigenvalue weighted by molar-refractivity contribution is -0.128. The van der Waals surface area contributed by atoms with Crippen molar-refractivity contribution in [2.24, 2.45) is 11.1 Å². The molecule has 0 bridgehead atoms. The normalized spacial score (nSPS) is 11.4.